The van der Waals surface area contributed by atoms with Crippen LogP contribution in [0.15, 0.2) is 72.8 Å². The van der Waals surface area contributed by atoms with E-state index < -0.39 is 0 Å². The molecule has 0 aliphatic heterocycles. The Labute approximate surface area is 192 Å². The number of hydrogen-bond donors (Lipinski definition) is 1. The number of fused-ring (bicyclic) bond motifs is 1. The maximum Gasteiger partial charge on any atom is 0.165 e. The molecule has 0 radical (unpaired) electrons. The van der Waals surface area contributed by atoms with Crippen molar-refractivity contribution in [1.82, 2.24) is 5.32 Å². The number of hydrogen-bond acceptors (Lipinski definition) is 3. The molecule has 4 heteroatoms. The maximum absolute atomic E-state index is 6.38. The van der Waals surface area contributed by atoms with E-state index in [2.05, 4.69) is 60.8 Å². The van der Waals surface area contributed by atoms with E-state index >= 15 is 0 Å². The topological polar surface area (TPSA) is 30.5 Å². The molecule has 3 aromatic rings. The smallest absolute Gasteiger partial charge is 0.165 e. The van der Waals surface area contributed by atoms with Crippen LogP contribution in [0.5, 0.6) is 11.5 Å². The van der Waals surface area contributed by atoms with E-state index in [1.165, 1.54) is 23.1 Å². The molecule has 1 N–H and O–H groups in total. The lowest BCUT2D eigenvalue weighted by Crippen LogP contribution is -2.35. The van der Waals surface area contributed by atoms with Crippen LogP contribution >= 0.6 is 12.4 Å². The van der Waals surface area contributed by atoms with Gasteiger partial charge in [-0.2, -0.15) is 0 Å². The maximum atomic E-state index is 6.38. The van der Waals surface area contributed by atoms with E-state index in [0.717, 1.165) is 42.9 Å². The summed E-state index contributed by atoms with van der Waals surface area (Å²) in [5, 5.41) is 3.68. The molecule has 164 valence electrons. The predicted molar refractivity (Wildman–Crippen MR) is 129 cm³/mol. The van der Waals surface area contributed by atoms with Crippen molar-refractivity contribution in [3.05, 3.63) is 95.1 Å². The molecule has 0 aromatic heterocycles. The average Bonchev–Trinajstić information content (AvgIpc) is 2.81. The van der Waals surface area contributed by atoms with Gasteiger partial charge in [0.1, 0.15) is 13.2 Å². The van der Waals surface area contributed by atoms with Gasteiger partial charge in [0.25, 0.3) is 0 Å². The molecule has 0 amide bonds. The molecule has 3 aromatic carbocycles. The number of nitrogens with one attached hydrogen (secondary N) is 1. The van der Waals surface area contributed by atoms with Crippen molar-refractivity contribution < 1.29 is 9.47 Å². The molecule has 1 aliphatic rings. The van der Waals surface area contributed by atoms with Crippen LogP contribution in [-0.4, -0.2) is 12.6 Å². The monoisotopic (exact) mass is 437 g/mol. The second kappa shape index (κ2) is 11.8. The minimum Gasteiger partial charge on any atom is -0.485 e. The molecule has 4 rings (SSSR count). The van der Waals surface area contributed by atoms with Crippen molar-refractivity contribution in [1.29, 1.82) is 0 Å². The Kier molecular flexibility index (Phi) is 8.81. The van der Waals surface area contributed by atoms with Gasteiger partial charge in [0.15, 0.2) is 11.5 Å². The standard InChI is InChI=1S/C27H31NO2.ClH/c1-2-17-28-24-14-15-25-23(18-24)13-16-26(29-19-21-9-5-3-6-10-21)27(25)30-20-22-11-7-4-8-12-22;/h3-13,16,24,28H,2,14-15,17-20H2,1H3;1H. The lowest BCUT2D eigenvalue weighted by Gasteiger charge is -2.28. The van der Waals surface area contributed by atoms with Gasteiger partial charge in [0, 0.05) is 11.6 Å². The van der Waals surface area contributed by atoms with Crippen molar-refractivity contribution in [2.45, 2.75) is 51.9 Å². The van der Waals surface area contributed by atoms with Gasteiger partial charge in [0.05, 0.1) is 0 Å². The summed E-state index contributed by atoms with van der Waals surface area (Å²) in [7, 11) is 0. The van der Waals surface area contributed by atoms with E-state index in [0.29, 0.717) is 19.3 Å². The van der Waals surface area contributed by atoms with E-state index in [-0.39, 0.29) is 12.4 Å². The Morgan fingerprint density at radius 2 is 1.48 bits per heavy atom. The molecule has 31 heavy (non-hydrogen) atoms. The summed E-state index contributed by atoms with van der Waals surface area (Å²) in [6, 6.07) is 25.5. The normalized spacial score (nSPS) is 14.9. The van der Waals surface area contributed by atoms with Crippen molar-refractivity contribution in [2.24, 2.45) is 0 Å². The zero-order valence-corrected chi connectivity index (χ0v) is 19.0. The molecule has 1 aliphatic carbocycles. The van der Waals surface area contributed by atoms with Gasteiger partial charge in [-0.05, 0) is 55.0 Å². The van der Waals surface area contributed by atoms with Gasteiger partial charge in [-0.25, -0.2) is 0 Å². The zero-order valence-electron chi connectivity index (χ0n) is 18.2. The Balaban J connectivity index is 0.00000272. The van der Waals surface area contributed by atoms with Crippen LogP contribution in [0.3, 0.4) is 0 Å². The summed E-state index contributed by atoms with van der Waals surface area (Å²) in [4.78, 5) is 0. The highest BCUT2D eigenvalue weighted by molar-refractivity contribution is 5.85. The summed E-state index contributed by atoms with van der Waals surface area (Å²) in [5.74, 6) is 1.76. The van der Waals surface area contributed by atoms with E-state index in [1.54, 1.807) is 0 Å². The van der Waals surface area contributed by atoms with Crippen LogP contribution in [0.1, 0.15) is 42.0 Å². The Bertz CT molecular complexity index is 931. The van der Waals surface area contributed by atoms with Gasteiger partial charge < -0.3 is 14.8 Å². The molecule has 0 saturated carbocycles. The summed E-state index contributed by atoms with van der Waals surface area (Å²) in [5.41, 5.74) is 5.02. The SMILES string of the molecule is CCCNC1CCc2c(ccc(OCc3ccccc3)c2OCc2ccccc2)C1.Cl. The molecule has 0 spiro atoms. The highest BCUT2D eigenvalue weighted by atomic mass is 35.5. The second-order valence-corrected chi connectivity index (χ2v) is 7.97. The highest BCUT2D eigenvalue weighted by Gasteiger charge is 2.24. The van der Waals surface area contributed by atoms with Gasteiger partial charge in [-0.3, -0.25) is 0 Å². The first-order valence-electron chi connectivity index (χ1n) is 11.0. The van der Waals surface area contributed by atoms with Crippen LogP contribution < -0.4 is 14.8 Å². The number of ether oxygens (including phenoxy) is 2. The van der Waals surface area contributed by atoms with Crippen LogP contribution in [0.2, 0.25) is 0 Å². The van der Waals surface area contributed by atoms with Crippen molar-refractivity contribution >= 4 is 12.4 Å². The van der Waals surface area contributed by atoms with Gasteiger partial charge in [0.2, 0.25) is 0 Å². The molecule has 1 atom stereocenters. The summed E-state index contributed by atoms with van der Waals surface area (Å²) >= 11 is 0. The molecular weight excluding hydrogens is 406 g/mol. The van der Waals surface area contributed by atoms with Crippen LogP contribution in [0, 0.1) is 0 Å². The first kappa shape index (κ1) is 23.2. The van der Waals surface area contributed by atoms with Crippen LogP contribution in [-0.2, 0) is 26.1 Å². The zero-order chi connectivity index (χ0) is 20.6. The molecular formula is C27H32ClNO2. The van der Waals surface area contributed by atoms with Crippen LogP contribution in [0.4, 0.5) is 0 Å². The molecule has 1 unspecified atom stereocenters. The van der Waals surface area contributed by atoms with Crippen molar-refractivity contribution in [3.63, 3.8) is 0 Å². The largest absolute Gasteiger partial charge is 0.485 e. The molecule has 3 nitrogen and oxygen atoms in total. The minimum absolute atomic E-state index is 0. The Morgan fingerprint density at radius 3 is 2.13 bits per heavy atom. The third-order valence-corrected chi connectivity index (χ3v) is 5.68. The first-order chi connectivity index (χ1) is 14.8. The fraction of sp³-hybridized carbons (Fsp3) is 0.333. The average molecular weight is 438 g/mol. The first-order valence-corrected chi connectivity index (χ1v) is 11.0. The van der Waals surface area contributed by atoms with E-state index in [1.807, 2.05) is 24.3 Å². The molecule has 0 fully saturated rings. The Hall–Kier alpha value is -2.49. The van der Waals surface area contributed by atoms with E-state index in [9.17, 15) is 0 Å². The predicted octanol–water partition coefficient (Wildman–Crippen LogP) is 6.12. The van der Waals surface area contributed by atoms with Crippen LogP contribution in [0.25, 0.3) is 0 Å². The highest BCUT2D eigenvalue weighted by Crippen LogP contribution is 2.38. The minimum atomic E-state index is 0. The van der Waals surface area contributed by atoms with Crippen molar-refractivity contribution in [2.75, 3.05) is 6.54 Å². The Morgan fingerprint density at radius 1 is 0.839 bits per heavy atom. The molecule has 0 saturated heterocycles. The summed E-state index contributed by atoms with van der Waals surface area (Å²) < 4.78 is 12.6. The van der Waals surface area contributed by atoms with E-state index in [4.69, 9.17) is 9.47 Å². The third kappa shape index (κ3) is 6.25. The molecule has 0 heterocycles. The van der Waals surface area contributed by atoms with Gasteiger partial charge in [-0.15, -0.1) is 12.4 Å². The molecule has 0 bridgehead atoms. The second-order valence-electron chi connectivity index (χ2n) is 7.97. The fourth-order valence-electron chi connectivity index (χ4n) is 4.06. The lowest BCUT2D eigenvalue weighted by atomic mass is 9.87. The number of halogens is 1. The lowest BCUT2D eigenvalue weighted by molar-refractivity contribution is 0.252. The number of benzene rings is 3. The van der Waals surface area contributed by atoms with Gasteiger partial charge in [-0.1, -0.05) is 73.7 Å². The van der Waals surface area contributed by atoms with Gasteiger partial charge >= 0.3 is 0 Å². The van der Waals surface area contributed by atoms with Crippen molar-refractivity contribution in [3.8, 4) is 11.5 Å². The quantitative estimate of drug-likeness (QED) is 0.437. The summed E-state index contributed by atoms with van der Waals surface area (Å²) in [6.45, 7) is 4.39. The third-order valence-electron chi connectivity index (χ3n) is 5.68. The number of rotatable bonds is 9. The summed E-state index contributed by atoms with van der Waals surface area (Å²) in [6.07, 6.45) is 4.37. The fourth-order valence-corrected chi connectivity index (χ4v) is 4.06.